The molecule has 0 radical (unpaired) electrons. The number of carbonyl (C=O) groups excluding carboxylic acids is 2. The predicted molar refractivity (Wildman–Crippen MR) is 121 cm³/mol. The van der Waals surface area contributed by atoms with Crippen LogP contribution in [0, 0.1) is 0 Å². The van der Waals surface area contributed by atoms with E-state index in [2.05, 4.69) is 21.0 Å². The Bertz CT molecular complexity index is 1100. The van der Waals surface area contributed by atoms with Gasteiger partial charge in [-0.15, -0.1) is 10.2 Å². The van der Waals surface area contributed by atoms with Crippen LogP contribution in [0.15, 0.2) is 47.9 Å². The van der Waals surface area contributed by atoms with Gasteiger partial charge in [0.15, 0.2) is 16.7 Å². The fraction of sp³-hybridized carbons (Fsp3) is 0.238. The van der Waals surface area contributed by atoms with Gasteiger partial charge in [-0.25, -0.2) is 0 Å². The maximum atomic E-state index is 12.5. The SMILES string of the molecule is CCOc1c(Cl)cc(C(=O)NNC(=O)c2ccc(CSc3nncn3C)cc2)cc1OC. The molecule has 0 aliphatic heterocycles. The van der Waals surface area contributed by atoms with E-state index in [1.165, 1.54) is 19.2 Å². The number of ether oxygens (including phenoxy) is 2. The third kappa shape index (κ3) is 5.71. The highest BCUT2D eigenvalue weighted by molar-refractivity contribution is 7.98. The van der Waals surface area contributed by atoms with E-state index >= 15 is 0 Å². The van der Waals surface area contributed by atoms with Crippen LogP contribution in [0.3, 0.4) is 0 Å². The minimum Gasteiger partial charge on any atom is -0.493 e. The minimum atomic E-state index is -0.543. The second-order valence-corrected chi connectivity index (χ2v) is 7.89. The molecule has 0 bridgehead atoms. The van der Waals surface area contributed by atoms with Crippen molar-refractivity contribution < 1.29 is 19.1 Å². The third-order valence-electron chi connectivity index (χ3n) is 4.32. The number of nitrogens with zero attached hydrogens (tertiary/aromatic N) is 3. The number of nitrogens with one attached hydrogen (secondary N) is 2. The molecular weight excluding hydrogens is 454 g/mol. The van der Waals surface area contributed by atoms with Crippen LogP contribution < -0.4 is 20.3 Å². The van der Waals surface area contributed by atoms with Gasteiger partial charge in [-0.3, -0.25) is 20.4 Å². The Morgan fingerprint density at radius 2 is 1.81 bits per heavy atom. The summed E-state index contributed by atoms with van der Waals surface area (Å²) in [7, 11) is 3.33. The standard InChI is InChI=1S/C21H22ClN5O4S/c1-4-31-18-16(22)9-15(10-17(18)30-3)20(29)25-24-19(28)14-7-5-13(6-8-14)11-32-21-26-23-12-27(21)2/h5-10,12H,4,11H2,1-3H3,(H,24,28)(H,25,29). The van der Waals surface area contributed by atoms with Gasteiger partial charge in [0, 0.05) is 23.9 Å². The smallest absolute Gasteiger partial charge is 0.269 e. The van der Waals surface area contributed by atoms with Gasteiger partial charge >= 0.3 is 0 Å². The van der Waals surface area contributed by atoms with Gasteiger partial charge in [0.2, 0.25) is 0 Å². The molecule has 1 aromatic heterocycles. The van der Waals surface area contributed by atoms with Crippen LogP contribution in [0.25, 0.3) is 0 Å². The molecule has 0 fully saturated rings. The Kier molecular flexibility index (Phi) is 7.96. The number of amides is 2. The number of aryl methyl sites for hydroxylation is 1. The summed E-state index contributed by atoms with van der Waals surface area (Å²) in [6.45, 7) is 2.21. The Morgan fingerprint density at radius 3 is 2.41 bits per heavy atom. The van der Waals surface area contributed by atoms with E-state index in [9.17, 15) is 9.59 Å². The van der Waals surface area contributed by atoms with Crippen molar-refractivity contribution in [1.29, 1.82) is 0 Å². The molecule has 0 spiro atoms. The summed E-state index contributed by atoms with van der Waals surface area (Å²) in [5.74, 6) is 0.374. The maximum Gasteiger partial charge on any atom is 0.269 e. The monoisotopic (exact) mass is 475 g/mol. The molecule has 1 heterocycles. The minimum absolute atomic E-state index is 0.215. The van der Waals surface area contributed by atoms with Crippen molar-refractivity contribution in [3.05, 3.63) is 64.4 Å². The van der Waals surface area contributed by atoms with Gasteiger partial charge in [0.05, 0.1) is 18.7 Å². The van der Waals surface area contributed by atoms with Crippen LogP contribution >= 0.6 is 23.4 Å². The maximum absolute atomic E-state index is 12.5. The molecule has 0 saturated carbocycles. The molecule has 0 atom stereocenters. The van der Waals surface area contributed by atoms with Crippen molar-refractivity contribution in [3.63, 3.8) is 0 Å². The number of aromatic nitrogens is 3. The molecule has 9 nitrogen and oxygen atoms in total. The van der Waals surface area contributed by atoms with Crippen molar-refractivity contribution in [2.75, 3.05) is 13.7 Å². The molecule has 11 heteroatoms. The molecule has 3 aromatic rings. The molecule has 0 unspecified atom stereocenters. The molecular formula is C21H22ClN5O4S. The lowest BCUT2D eigenvalue weighted by atomic mass is 10.1. The van der Waals surface area contributed by atoms with Gasteiger partial charge in [-0.2, -0.15) is 0 Å². The predicted octanol–water partition coefficient (Wildman–Crippen LogP) is 3.24. The Labute approximate surface area is 194 Å². The zero-order valence-electron chi connectivity index (χ0n) is 17.7. The van der Waals surface area contributed by atoms with E-state index in [4.69, 9.17) is 21.1 Å². The van der Waals surface area contributed by atoms with Crippen LogP contribution in [0.2, 0.25) is 5.02 Å². The Morgan fingerprint density at radius 1 is 1.12 bits per heavy atom. The summed E-state index contributed by atoms with van der Waals surface area (Å²) in [6.07, 6.45) is 1.64. The van der Waals surface area contributed by atoms with Crippen molar-refractivity contribution in [2.45, 2.75) is 17.8 Å². The fourth-order valence-electron chi connectivity index (χ4n) is 2.70. The van der Waals surface area contributed by atoms with Gasteiger partial charge in [-0.05, 0) is 36.8 Å². The van der Waals surface area contributed by atoms with E-state index in [1.807, 2.05) is 30.7 Å². The molecule has 3 rings (SSSR count). The van der Waals surface area contributed by atoms with Crippen LogP contribution in [0.1, 0.15) is 33.2 Å². The zero-order valence-corrected chi connectivity index (χ0v) is 19.3. The topological polar surface area (TPSA) is 107 Å². The van der Waals surface area contributed by atoms with Crippen LogP contribution in [0.5, 0.6) is 11.5 Å². The molecule has 32 heavy (non-hydrogen) atoms. The van der Waals surface area contributed by atoms with E-state index < -0.39 is 11.8 Å². The first-order valence-corrected chi connectivity index (χ1v) is 11.0. The number of methoxy groups -OCH3 is 1. The fourth-order valence-corrected chi connectivity index (χ4v) is 3.81. The van der Waals surface area contributed by atoms with E-state index in [1.54, 1.807) is 30.2 Å². The largest absolute Gasteiger partial charge is 0.493 e. The second-order valence-electron chi connectivity index (χ2n) is 6.54. The highest BCUT2D eigenvalue weighted by Crippen LogP contribution is 2.36. The number of hydrogen-bond acceptors (Lipinski definition) is 7. The summed E-state index contributed by atoms with van der Waals surface area (Å²) in [5.41, 5.74) is 6.41. The Balaban J connectivity index is 1.57. The number of carbonyl (C=O) groups is 2. The Hall–Kier alpha value is -3.24. The van der Waals surface area contributed by atoms with E-state index in [0.29, 0.717) is 29.4 Å². The number of rotatable bonds is 8. The molecule has 2 N–H and O–H groups in total. The second kappa shape index (κ2) is 10.9. The molecule has 2 amide bonds. The quantitative estimate of drug-likeness (QED) is 0.380. The first-order chi connectivity index (χ1) is 15.4. The van der Waals surface area contributed by atoms with Crippen LogP contribution in [0.4, 0.5) is 0 Å². The zero-order chi connectivity index (χ0) is 23.1. The first-order valence-electron chi connectivity index (χ1n) is 9.59. The first kappa shape index (κ1) is 23.4. The van der Waals surface area contributed by atoms with Crippen molar-refractivity contribution in [3.8, 4) is 11.5 Å². The van der Waals surface area contributed by atoms with E-state index in [-0.39, 0.29) is 10.6 Å². The third-order valence-corrected chi connectivity index (χ3v) is 5.71. The summed E-state index contributed by atoms with van der Waals surface area (Å²) >= 11 is 7.74. The molecule has 0 aliphatic rings. The number of hydrogen-bond donors (Lipinski definition) is 2. The molecule has 168 valence electrons. The van der Waals surface area contributed by atoms with Crippen molar-refractivity contribution in [1.82, 2.24) is 25.6 Å². The average molecular weight is 476 g/mol. The van der Waals surface area contributed by atoms with Gasteiger partial charge in [0.25, 0.3) is 11.8 Å². The average Bonchev–Trinajstić information content (AvgIpc) is 3.22. The van der Waals surface area contributed by atoms with Gasteiger partial charge in [-0.1, -0.05) is 35.5 Å². The summed E-state index contributed by atoms with van der Waals surface area (Å²) < 4.78 is 12.5. The van der Waals surface area contributed by atoms with Gasteiger partial charge < -0.3 is 14.0 Å². The number of halogens is 1. The molecule has 0 saturated heterocycles. The lowest BCUT2D eigenvalue weighted by Gasteiger charge is -2.13. The number of thioether (sulfide) groups is 1. The van der Waals surface area contributed by atoms with E-state index in [0.717, 1.165) is 10.7 Å². The lowest BCUT2D eigenvalue weighted by Crippen LogP contribution is -2.41. The summed E-state index contributed by atoms with van der Waals surface area (Å²) in [4.78, 5) is 24.8. The summed E-state index contributed by atoms with van der Waals surface area (Å²) in [5, 5.41) is 8.90. The lowest BCUT2D eigenvalue weighted by molar-refractivity contribution is 0.0846. The van der Waals surface area contributed by atoms with Crippen LogP contribution in [-0.2, 0) is 12.8 Å². The number of benzene rings is 2. The summed E-state index contributed by atoms with van der Waals surface area (Å²) in [6, 6.07) is 9.99. The van der Waals surface area contributed by atoms with Crippen molar-refractivity contribution in [2.24, 2.45) is 7.05 Å². The van der Waals surface area contributed by atoms with Crippen molar-refractivity contribution >= 4 is 35.2 Å². The van der Waals surface area contributed by atoms with Crippen LogP contribution in [-0.4, -0.2) is 40.3 Å². The van der Waals surface area contributed by atoms with Gasteiger partial charge in [0.1, 0.15) is 6.33 Å². The highest BCUT2D eigenvalue weighted by Gasteiger charge is 2.16. The number of hydrazine groups is 1. The molecule has 0 aliphatic carbocycles. The highest BCUT2D eigenvalue weighted by atomic mass is 35.5. The normalized spacial score (nSPS) is 10.5. The molecule has 2 aromatic carbocycles.